The van der Waals surface area contributed by atoms with Gasteiger partial charge in [0.15, 0.2) is 11.5 Å². The van der Waals surface area contributed by atoms with E-state index in [1.54, 1.807) is 12.1 Å². The van der Waals surface area contributed by atoms with Crippen LogP contribution in [0.4, 0.5) is 0 Å². The molecule has 21 heavy (non-hydrogen) atoms. The quantitative estimate of drug-likeness (QED) is 0.753. The molecule has 0 radical (unpaired) electrons. The van der Waals surface area contributed by atoms with Crippen LogP contribution in [0.1, 0.15) is 57.3 Å². The molecular weight excluding hydrogens is 266 g/mol. The lowest BCUT2D eigenvalue weighted by Crippen LogP contribution is -2.31. The summed E-state index contributed by atoms with van der Waals surface area (Å²) in [6.45, 7) is 9.39. The maximum Gasteiger partial charge on any atom is 0.251 e. The molecule has 1 aromatic rings. The first-order valence-electron chi connectivity index (χ1n) is 7.82. The zero-order valence-electron chi connectivity index (χ0n) is 13.6. The fourth-order valence-corrected chi connectivity index (χ4v) is 1.71. The van der Waals surface area contributed by atoms with Gasteiger partial charge in [-0.3, -0.25) is 4.79 Å². The fraction of sp³-hybridized carbons (Fsp3) is 0.588. The molecule has 0 aliphatic heterocycles. The number of hydrogen-bond acceptors (Lipinski definition) is 3. The molecule has 4 heteroatoms. The van der Waals surface area contributed by atoms with Crippen LogP contribution in [-0.4, -0.2) is 25.2 Å². The molecule has 118 valence electrons. The maximum absolute atomic E-state index is 12.2. The molecule has 0 aliphatic rings. The summed E-state index contributed by atoms with van der Waals surface area (Å²) >= 11 is 0. The Bertz CT molecular complexity index is 446. The molecule has 0 saturated carbocycles. The summed E-state index contributed by atoms with van der Waals surface area (Å²) in [6.07, 6.45) is 2.75. The molecule has 0 bridgehead atoms. The van der Waals surface area contributed by atoms with E-state index in [2.05, 4.69) is 12.2 Å². The highest BCUT2D eigenvalue weighted by atomic mass is 16.5. The van der Waals surface area contributed by atoms with Gasteiger partial charge >= 0.3 is 0 Å². The van der Waals surface area contributed by atoms with E-state index in [1.165, 1.54) is 0 Å². The number of carbonyl (C=O) groups excluding carboxylic acids is 1. The second-order valence-corrected chi connectivity index (χ2v) is 5.14. The minimum atomic E-state index is -0.0762. The summed E-state index contributed by atoms with van der Waals surface area (Å²) in [5, 5.41) is 2.96. The Morgan fingerprint density at radius 3 is 2.29 bits per heavy atom. The molecule has 0 aromatic heterocycles. The summed E-state index contributed by atoms with van der Waals surface area (Å²) in [6, 6.07) is 5.51. The Morgan fingerprint density at radius 2 is 1.71 bits per heavy atom. The number of amides is 1. The lowest BCUT2D eigenvalue weighted by atomic mass is 10.1. The van der Waals surface area contributed by atoms with Crippen molar-refractivity contribution in [2.24, 2.45) is 0 Å². The molecule has 0 saturated heterocycles. The maximum atomic E-state index is 12.2. The minimum absolute atomic E-state index is 0.0762. The van der Waals surface area contributed by atoms with Crippen molar-refractivity contribution in [1.82, 2.24) is 5.32 Å². The van der Waals surface area contributed by atoms with Crippen molar-refractivity contribution in [3.8, 4) is 11.5 Å². The van der Waals surface area contributed by atoms with E-state index < -0.39 is 0 Å². The van der Waals surface area contributed by atoms with Gasteiger partial charge in [-0.2, -0.15) is 0 Å². The molecule has 1 rings (SSSR count). The van der Waals surface area contributed by atoms with Crippen LogP contribution < -0.4 is 14.8 Å². The Balaban J connectivity index is 2.88. The standard InChI is InChI=1S/C17H27NO3/c1-5-10-20-15-9-8-14(12-16(15)21-11-6-2)17(19)18-13(4)7-3/h8-9,12-13H,5-7,10-11H2,1-4H3,(H,18,19). The van der Waals surface area contributed by atoms with Crippen molar-refractivity contribution in [1.29, 1.82) is 0 Å². The number of carbonyl (C=O) groups is 1. The van der Waals surface area contributed by atoms with Crippen molar-refractivity contribution in [2.45, 2.75) is 53.0 Å². The first-order chi connectivity index (χ1) is 10.1. The first kappa shape index (κ1) is 17.3. The Labute approximate surface area is 127 Å². The molecule has 1 unspecified atom stereocenters. The van der Waals surface area contributed by atoms with Crippen LogP contribution in [-0.2, 0) is 0 Å². The lowest BCUT2D eigenvalue weighted by Gasteiger charge is -2.15. The number of benzene rings is 1. The molecule has 1 atom stereocenters. The highest BCUT2D eigenvalue weighted by molar-refractivity contribution is 5.95. The van der Waals surface area contributed by atoms with E-state index in [-0.39, 0.29) is 11.9 Å². The van der Waals surface area contributed by atoms with Crippen LogP contribution in [0.25, 0.3) is 0 Å². The summed E-state index contributed by atoms with van der Waals surface area (Å²) in [5.74, 6) is 1.26. The average molecular weight is 293 g/mol. The molecule has 0 spiro atoms. The number of rotatable bonds is 9. The predicted molar refractivity (Wildman–Crippen MR) is 85.2 cm³/mol. The van der Waals surface area contributed by atoms with Gasteiger partial charge in [-0.1, -0.05) is 20.8 Å². The molecule has 4 nitrogen and oxygen atoms in total. The van der Waals surface area contributed by atoms with Crippen LogP contribution >= 0.6 is 0 Å². The van der Waals surface area contributed by atoms with E-state index in [9.17, 15) is 4.79 Å². The largest absolute Gasteiger partial charge is 0.490 e. The van der Waals surface area contributed by atoms with Gasteiger partial charge in [0.2, 0.25) is 0 Å². The third-order valence-corrected chi connectivity index (χ3v) is 3.12. The SMILES string of the molecule is CCCOc1ccc(C(=O)NC(C)CC)cc1OCCC. The second-order valence-electron chi connectivity index (χ2n) is 5.14. The molecule has 0 heterocycles. The zero-order chi connectivity index (χ0) is 15.7. The number of hydrogen-bond donors (Lipinski definition) is 1. The smallest absolute Gasteiger partial charge is 0.251 e. The van der Waals surface area contributed by atoms with Crippen LogP contribution in [0, 0.1) is 0 Å². The first-order valence-corrected chi connectivity index (χ1v) is 7.82. The number of ether oxygens (including phenoxy) is 2. The molecular formula is C17H27NO3. The summed E-state index contributed by atoms with van der Waals surface area (Å²) < 4.78 is 11.4. The summed E-state index contributed by atoms with van der Waals surface area (Å²) in [7, 11) is 0. The molecule has 1 N–H and O–H groups in total. The molecule has 1 aromatic carbocycles. The second kappa shape index (κ2) is 9.27. The van der Waals surface area contributed by atoms with Gasteiger partial charge in [-0.15, -0.1) is 0 Å². The van der Waals surface area contributed by atoms with Gasteiger partial charge in [0.1, 0.15) is 0 Å². The van der Waals surface area contributed by atoms with Gasteiger partial charge in [-0.25, -0.2) is 0 Å². The normalized spacial score (nSPS) is 11.8. The Kier molecular flexibility index (Phi) is 7.65. The lowest BCUT2D eigenvalue weighted by molar-refractivity contribution is 0.0938. The highest BCUT2D eigenvalue weighted by Crippen LogP contribution is 2.29. The van der Waals surface area contributed by atoms with Crippen molar-refractivity contribution in [3.63, 3.8) is 0 Å². The van der Waals surface area contributed by atoms with Crippen LogP contribution in [0.2, 0.25) is 0 Å². The van der Waals surface area contributed by atoms with Crippen LogP contribution in [0.5, 0.6) is 11.5 Å². The zero-order valence-corrected chi connectivity index (χ0v) is 13.6. The summed E-state index contributed by atoms with van der Waals surface area (Å²) in [4.78, 5) is 12.2. The fourth-order valence-electron chi connectivity index (χ4n) is 1.71. The molecule has 0 aliphatic carbocycles. The minimum Gasteiger partial charge on any atom is -0.490 e. The van der Waals surface area contributed by atoms with Gasteiger partial charge in [0.05, 0.1) is 13.2 Å². The molecule has 1 amide bonds. The van der Waals surface area contributed by atoms with E-state index in [1.807, 2.05) is 26.8 Å². The van der Waals surface area contributed by atoms with E-state index in [0.29, 0.717) is 30.3 Å². The van der Waals surface area contributed by atoms with Gasteiger partial charge in [-0.05, 0) is 44.4 Å². The monoisotopic (exact) mass is 293 g/mol. The van der Waals surface area contributed by atoms with Crippen LogP contribution in [0.3, 0.4) is 0 Å². The molecule has 0 fully saturated rings. The van der Waals surface area contributed by atoms with Crippen molar-refractivity contribution >= 4 is 5.91 Å². The van der Waals surface area contributed by atoms with Crippen molar-refractivity contribution < 1.29 is 14.3 Å². The third-order valence-electron chi connectivity index (χ3n) is 3.12. The van der Waals surface area contributed by atoms with E-state index in [0.717, 1.165) is 19.3 Å². The van der Waals surface area contributed by atoms with Gasteiger partial charge < -0.3 is 14.8 Å². The highest BCUT2D eigenvalue weighted by Gasteiger charge is 2.13. The third kappa shape index (κ3) is 5.66. The van der Waals surface area contributed by atoms with E-state index >= 15 is 0 Å². The summed E-state index contributed by atoms with van der Waals surface area (Å²) in [5.41, 5.74) is 0.602. The van der Waals surface area contributed by atoms with Gasteiger partial charge in [0.25, 0.3) is 5.91 Å². The number of nitrogens with one attached hydrogen (secondary N) is 1. The van der Waals surface area contributed by atoms with Crippen LogP contribution in [0.15, 0.2) is 18.2 Å². The topological polar surface area (TPSA) is 47.6 Å². The Morgan fingerprint density at radius 1 is 1.10 bits per heavy atom. The predicted octanol–water partition coefficient (Wildman–Crippen LogP) is 3.79. The van der Waals surface area contributed by atoms with Gasteiger partial charge in [0, 0.05) is 11.6 Å². The average Bonchev–Trinajstić information content (AvgIpc) is 2.50. The van der Waals surface area contributed by atoms with Crippen molar-refractivity contribution in [2.75, 3.05) is 13.2 Å². The Hall–Kier alpha value is -1.71. The van der Waals surface area contributed by atoms with Crippen molar-refractivity contribution in [3.05, 3.63) is 23.8 Å². The van der Waals surface area contributed by atoms with E-state index in [4.69, 9.17) is 9.47 Å².